The lowest BCUT2D eigenvalue weighted by atomic mass is 10.1. The molecule has 0 unspecified atom stereocenters. The van der Waals surface area contributed by atoms with E-state index in [1.165, 1.54) is 12.8 Å². The van der Waals surface area contributed by atoms with Crippen LogP contribution in [0.15, 0.2) is 12.3 Å². The Morgan fingerprint density at radius 3 is 2.65 bits per heavy atom. The quantitative estimate of drug-likeness (QED) is 0.824. The third-order valence-corrected chi connectivity index (χ3v) is 3.24. The van der Waals surface area contributed by atoms with Gasteiger partial charge in [0, 0.05) is 18.3 Å². The molecule has 0 atom stereocenters. The van der Waals surface area contributed by atoms with Crippen LogP contribution in [0.3, 0.4) is 0 Å². The summed E-state index contributed by atoms with van der Waals surface area (Å²) >= 11 is 0. The van der Waals surface area contributed by atoms with Crippen molar-refractivity contribution in [3.63, 3.8) is 0 Å². The Morgan fingerprint density at radius 1 is 1.29 bits per heavy atom. The summed E-state index contributed by atoms with van der Waals surface area (Å²) in [5.74, 6) is -0.293. The van der Waals surface area contributed by atoms with Crippen molar-refractivity contribution in [3.8, 4) is 5.88 Å². The lowest BCUT2D eigenvalue weighted by Gasteiger charge is -2.17. The molecule has 1 saturated carbocycles. The SMILES string of the molecule is NCc1ccnc(OC2CCCCCC2)c1F. The highest BCUT2D eigenvalue weighted by Gasteiger charge is 2.17. The Hall–Kier alpha value is -1.16. The lowest BCUT2D eigenvalue weighted by molar-refractivity contribution is 0.167. The average molecular weight is 238 g/mol. The molecule has 2 N–H and O–H groups in total. The highest BCUT2D eigenvalue weighted by Crippen LogP contribution is 2.24. The number of rotatable bonds is 3. The van der Waals surface area contributed by atoms with Gasteiger partial charge in [-0.2, -0.15) is 0 Å². The molecule has 94 valence electrons. The van der Waals surface area contributed by atoms with Gasteiger partial charge in [-0.15, -0.1) is 0 Å². The predicted molar refractivity (Wildman–Crippen MR) is 64.2 cm³/mol. The number of nitrogens with two attached hydrogens (primary N) is 1. The summed E-state index contributed by atoms with van der Waals surface area (Å²) in [5, 5.41) is 0. The van der Waals surface area contributed by atoms with Gasteiger partial charge in [0.15, 0.2) is 5.82 Å². The molecular formula is C13H19FN2O. The molecule has 1 aromatic heterocycles. The molecule has 0 aliphatic heterocycles. The van der Waals surface area contributed by atoms with Crippen LogP contribution in [0.5, 0.6) is 5.88 Å². The van der Waals surface area contributed by atoms with Gasteiger partial charge in [-0.3, -0.25) is 0 Å². The average Bonchev–Trinajstić information content (AvgIpc) is 2.60. The first kappa shape index (κ1) is 12.3. The van der Waals surface area contributed by atoms with Crippen LogP contribution in [-0.2, 0) is 6.54 Å². The number of ether oxygens (including phenoxy) is 1. The van der Waals surface area contributed by atoms with Crippen molar-refractivity contribution >= 4 is 0 Å². The number of halogens is 1. The zero-order valence-electron chi connectivity index (χ0n) is 9.99. The molecule has 1 fully saturated rings. The minimum atomic E-state index is -0.403. The molecule has 1 heterocycles. The molecule has 17 heavy (non-hydrogen) atoms. The summed E-state index contributed by atoms with van der Waals surface area (Å²) in [5.41, 5.74) is 5.92. The van der Waals surface area contributed by atoms with Crippen LogP contribution in [0.1, 0.15) is 44.1 Å². The van der Waals surface area contributed by atoms with E-state index in [1.807, 2.05) is 0 Å². The Labute approximate surface area is 101 Å². The van der Waals surface area contributed by atoms with Gasteiger partial charge >= 0.3 is 0 Å². The van der Waals surface area contributed by atoms with Gasteiger partial charge in [0.25, 0.3) is 5.88 Å². The lowest BCUT2D eigenvalue weighted by Crippen LogP contribution is -2.17. The fourth-order valence-electron chi connectivity index (χ4n) is 2.22. The molecule has 0 aromatic carbocycles. The molecule has 1 aliphatic rings. The van der Waals surface area contributed by atoms with E-state index >= 15 is 0 Å². The second-order valence-electron chi connectivity index (χ2n) is 4.52. The van der Waals surface area contributed by atoms with Gasteiger partial charge in [0.1, 0.15) is 6.10 Å². The molecule has 4 heteroatoms. The molecule has 0 radical (unpaired) electrons. The van der Waals surface area contributed by atoms with Crippen LogP contribution >= 0.6 is 0 Å². The summed E-state index contributed by atoms with van der Waals surface area (Å²) in [6, 6.07) is 1.59. The van der Waals surface area contributed by atoms with E-state index in [1.54, 1.807) is 12.3 Å². The summed E-state index contributed by atoms with van der Waals surface area (Å²) in [6.07, 6.45) is 8.45. The van der Waals surface area contributed by atoms with E-state index in [0.29, 0.717) is 5.56 Å². The summed E-state index contributed by atoms with van der Waals surface area (Å²) in [6.45, 7) is 0.176. The molecule has 0 spiro atoms. The van der Waals surface area contributed by atoms with E-state index in [-0.39, 0.29) is 18.5 Å². The zero-order chi connectivity index (χ0) is 12.1. The fraction of sp³-hybridized carbons (Fsp3) is 0.615. The van der Waals surface area contributed by atoms with Crippen LogP contribution in [0, 0.1) is 5.82 Å². The number of nitrogens with zero attached hydrogens (tertiary/aromatic N) is 1. The van der Waals surface area contributed by atoms with Crippen LogP contribution in [0.4, 0.5) is 4.39 Å². The molecule has 0 amide bonds. The molecule has 0 bridgehead atoms. The smallest absolute Gasteiger partial charge is 0.250 e. The van der Waals surface area contributed by atoms with Gasteiger partial charge < -0.3 is 10.5 Å². The van der Waals surface area contributed by atoms with E-state index in [4.69, 9.17) is 10.5 Å². The van der Waals surface area contributed by atoms with Crippen LogP contribution in [0.2, 0.25) is 0 Å². The first-order valence-corrected chi connectivity index (χ1v) is 6.31. The van der Waals surface area contributed by atoms with Crippen LogP contribution in [-0.4, -0.2) is 11.1 Å². The zero-order valence-corrected chi connectivity index (χ0v) is 9.99. The maximum absolute atomic E-state index is 13.9. The van der Waals surface area contributed by atoms with Gasteiger partial charge in [0.2, 0.25) is 0 Å². The number of hydrogen-bond acceptors (Lipinski definition) is 3. The number of aromatic nitrogens is 1. The molecule has 3 nitrogen and oxygen atoms in total. The molecular weight excluding hydrogens is 219 g/mol. The normalized spacial score (nSPS) is 17.8. The fourth-order valence-corrected chi connectivity index (χ4v) is 2.22. The van der Waals surface area contributed by atoms with Crippen molar-refractivity contribution < 1.29 is 9.13 Å². The third kappa shape index (κ3) is 3.16. The van der Waals surface area contributed by atoms with Gasteiger partial charge in [-0.05, 0) is 31.7 Å². The molecule has 1 aliphatic carbocycles. The summed E-state index contributed by atoms with van der Waals surface area (Å²) in [7, 11) is 0. The summed E-state index contributed by atoms with van der Waals surface area (Å²) in [4.78, 5) is 3.96. The second kappa shape index (κ2) is 5.96. The second-order valence-corrected chi connectivity index (χ2v) is 4.52. The van der Waals surface area contributed by atoms with Crippen molar-refractivity contribution in [2.75, 3.05) is 0 Å². The first-order chi connectivity index (χ1) is 8.31. The first-order valence-electron chi connectivity index (χ1n) is 6.31. The van der Waals surface area contributed by atoms with Gasteiger partial charge in [0.05, 0.1) is 0 Å². The number of hydrogen-bond donors (Lipinski definition) is 1. The van der Waals surface area contributed by atoms with E-state index in [9.17, 15) is 4.39 Å². The maximum atomic E-state index is 13.9. The minimum Gasteiger partial charge on any atom is -0.472 e. The highest BCUT2D eigenvalue weighted by atomic mass is 19.1. The van der Waals surface area contributed by atoms with Crippen molar-refractivity contribution in [2.45, 2.75) is 51.2 Å². The maximum Gasteiger partial charge on any atom is 0.250 e. The van der Waals surface area contributed by atoms with Crippen molar-refractivity contribution in [1.29, 1.82) is 0 Å². The van der Waals surface area contributed by atoms with Crippen molar-refractivity contribution in [2.24, 2.45) is 5.73 Å². The third-order valence-electron chi connectivity index (χ3n) is 3.24. The van der Waals surface area contributed by atoms with E-state index < -0.39 is 5.82 Å². The van der Waals surface area contributed by atoms with Crippen LogP contribution < -0.4 is 10.5 Å². The Morgan fingerprint density at radius 2 is 2.00 bits per heavy atom. The van der Waals surface area contributed by atoms with Crippen molar-refractivity contribution in [1.82, 2.24) is 4.98 Å². The Kier molecular flexibility index (Phi) is 4.31. The monoisotopic (exact) mass is 238 g/mol. The van der Waals surface area contributed by atoms with Gasteiger partial charge in [-0.25, -0.2) is 9.37 Å². The van der Waals surface area contributed by atoms with Crippen LogP contribution in [0.25, 0.3) is 0 Å². The Balaban J connectivity index is 2.06. The standard InChI is InChI=1S/C13H19FN2O/c14-12-10(9-15)7-8-16-13(12)17-11-5-3-1-2-4-6-11/h7-8,11H,1-6,9,15H2. The van der Waals surface area contributed by atoms with Crippen molar-refractivity contribution in [3.05, 3.63) is 23.6 Å². The molecule has 1 aromatic rings. The predicted octanol–water partition coefficient (Wildman–Crippen LogP) is 2.78. The largest absolute Gasteiger partial charge is 0.472 e. The Bertz CT molecular complexity index is 362. The minimum absolute atomic E-state index is 0.104. The van der Waals surface area contributed by atoms with E-state index in [2.05, 4.69) is 4.98 Å². The summed E-state index contributed by atoms with van der Waals surface area (Å²) < 4.78 is 19.5. The molecule has 2 rings (SSSR count). The van der Waals surface area contributed by atoms with Gasteiger partial charge in [-0.1, -0.05) is 12.8 Å². The molecule has 0 saturated heterocycles. The number of pyridine rings is 1. The topological polar surface area (TPSA) is 48.1 Å². The van der Waals surface area contributed by atoms with E-state index in [0.717, 1.165) is 25.7 Å². The highest BCUT2D eigenvalue weighted by molar-refractivity contribution is 5.23.